The van der Waals surface area contributed by atoms with Crippen LogP contribution in [0, 0.1) is 0 Å². The topological polar surface area (TPSA) is 9.23 Å². The lowest BCUT2D eigenvalue weighted by atomic mass is 10.2. The maximum absolute atomic E-state index is 14.0. The average Bonchev–Trinajstić information content (AvgIpc) is 2.61. The van der Waals surface area contributed by atoms with E-state index in [-0.39, 0.29) is 6.42 Å². The summed E-state index contributed by atoms with van der Waals surface area (Å²) in [4.78, 5) is 0. The predicted octanol–water partition coefficient (Wildman–Crippen LogP) is 6.52. The molecule has 0 unspecified atom stereocenters. The summed E-state index contributed by atoms with van der Waals surface area (Å²) in [7, 11) is -3.27. The molecule has 7 heteroatoms. The first kappa shape index (κ1) is 23.4. The third kappa shape index (κ3) is 5.37. The Morgan fingerprint density at radius 1 is 0.929 bits per heavy atom. The highest BCUT2D eigenvalue weighted by Crippen LogP contribution is 2.40. The van der Waals surface area contributed by atoms with Crippen molar-refractivity contribution in [2.45, 2.75) is 44.5 Å². The molecule has 2 aromatic rings. The van der Waals surface area contributed by atoms with Gasteiger partial charge in [-0.3, -0.25) is 0 Å². The first-order valence-electron chi connectivity index (χ1n) is 8.85. The van der Waals surface area contributed by atoms with Crippen LogP contribution in [0.25, 0.3) is 0 Å². The molecule has 0 aliphatic rings. The van der Waals surface area contributed by atoms with E-state index in [1.54, 1.807) is 0 Å². The Kier molecular flexibility index (Phi) is 7.75. The molecule has 1 nitrogen and oxygen atoms in total. The fourth-order valence-corrected chi connectivity index (χ4v) is 8.39. The molecule has 0 amide bonds. The number of hydrogen-bond donors (Lipinski definition) is 0. The van der Waals surface area contributed by atoms with Crippen LogP contribution >= 0.6 is 31.9 Å². The standard InChI is InChI=1S/C21H23Br2F3OSi/c1-20(2,3)28(16-10-6-4-7-11-16,17-12-8-5-9-13-17)27-18(21(24,25)26)14-15-19(22)23/h4-13,15,18H,14H2,1-3H3/t18-/m0/s1. The Bertz CT molecular complexity index is 743. The normalized spacial score (nSPS) is 13.9. The van der Waals surface area contributed by atoms with Gasteiger partial charge in [-0.15, -0.1) is 0 Å². The van der Waals surface area contributed by atoms with Gasteiger partial charge >= 0.3 is 6.18 Å². The Morgan fingerprint density at radius 2 is 1.36 bits per heavy atom. The second-order valence-corrected chi connectivity index (χ2v) is 14.6. The van der Waals surface area contributed by atoms with E-state index in [4.69, 9.17) is 4.43 Å². The van der Waals surface area contributed by atoms with E-state index in [2.05, 4.69) is 31.9 Å². The molecule has 0 heterocycles. The van der Waals surface area contributed by atoms with Crippen LogP contribution in [0.3, 0.4) is 0 Å². The minimum atomic E-state index is -4.49. The highest BCUT2D eigenvalue weighted by atomic mass is 79.9. The van der Waals surface area contributed by atoms with E-state index >= 15 is 0 Å². The van der Waals surface area contributed by atoms with Crippen LogP contribution in [0.1, 0.15) is 27.2 Å². The Balaban J connectivity index is 2.71. The van der Waals surface area contributed by atoms with Crippen molar-refractivity contribution in [1.82, 2.24) is 0 Å². The van der Waals surface area contributed by atoms with Gasteiger partial charge in [-0.1, -0.05) is 87.5 Å². The zero-order chi connectivity index (χ0) is 21.0. The van der Waals surface area contributed by atoms with Crippen LogP contribution in [0.15, 0.2) is 70.1 Å². The fraction of sp³-hybridized carbons (Fsp3) is 0.333. The van der Waals surface area contributed by atoms with Gasteiger partial charge in [0.1, 0.15) is 6.10 Å². The summed E-state index contributed by atoms with van der Waals surface area (Å²) in [6.07, 6.45) is -5.24. The molecule has 0 saturated heterocycles. The van der Waals surface area contributed by atoms with Crippen LogP contribution < -0.4 is 10.4 Å². The van der Waals surface area contributed by atoms with Crippen molar-refractivity contribution in [3.63, 3.8) is 0 Å². The molecule has 0 bridgehead atoms. The first-order valence-corrected chi connectivity index (χ1v) is 12.3. The molecule has 152 valence electrons. The van der Waals surface area contributed by atoms with Crippen LogP contribution in [-0.4, -0.2) is 20.6 Å². The molecular formula is C21H23Br2F3OSi. The lowest BCUT2D eigenvalue weighted by molar-refractivity contribution is -0.196. The Hall–Kier alpha value is -0.893. The van der Waals surface area contributed by atoms with Gasteiger partial charge in [0, 0.05) is 6.42 Å². The van der Waals surface area contributed by atoms with E-state index in [1.807, 2.05) is 81.4 Å². The van der Waals surface area contributed by atoms with Crippen molar-refractivity contribution in [3.05, 3.63) is 70.1 Å². The molecule has 0 N–H and O–H groups in total. The number of hydrogen-bond acceptors (Lipinski definition) is 1. The number of alkyl halides is 3. The van der Waals surface area contributed by atoms with Crippen molar-refractivity contribution < 1.29 is 17.6 Å². The van der Waals surface area contributed by atoms with Gasteiger partial charge in [-0.2, -0.15) is 13.2 Å². The molecule has 2 rings (SSSR count). The van der Waals surface area contributed by atoms with E-state index in [9.17, 15) is 13.2 Å². The molecule has 2 aromatic carbocycles. The van der Waals surface area contributed by atoms with Gasteiger partial charge < -0.3 is 4.43 Å². The summed E-state index contributed by atoms with van der Waals surface area (Å²) in [5.41, 5.74) is 0. The summed E-state index contributed by atoms with van der Waals surface area (Å²) in [5, 5.41) is 1.13. The molecule has 1 atom stereocenters. The van der Waals surface area contributed by atoms with Crippen LogP contribution in [0.5, 0.6) is 0 Å². The summed E-state index contributed by atoms with van der Waals surface area (Å²) in [5.74, 6) is 0. The highest BCUT2D eigenvalue weighted by Gasteiger charge is 2.55. The Labute approximate surface area is 182 Å². The second kappa shape index (κ2) is 9.28. The summed E-state index contributed by atoms with van der Waals surface area (Å²) >= 11 is 6.29. The van der Waals surface area contributed by atoms with Crippen molar-refractivity contribution in [1.29, 1.82) is 0 Å². The minimum Gasteiger partial charge on any atom is -0.395 e. The van der Waals surface area contributed by atoms with Crippen LogP contribution in [0.2, 0.25) is 5.04 Å². The van der Waals surface area contributed by atoms with Gasteiger partial charge in [0.15, 0.2) is 0 Å². The number of rotatable bonds is 6. The van der Waals surface area contributed by atoms with Crippen LogP contribution in [-0.2, 0) is 4.43 Å². The van der Waals surface area contributed by atoms with E-state index < -0.39 is 25.6 Å². The largest absolute Gasteiger partial charge is 0.413 e. The molecule has 0 fully saturated rings. The zero-order valence-electron chi connectivity index (χ0n) is 15.9. The Morgan fingerprint density at radius 3 is 1.68 bits per heavy atom. The minimum absolute atomic E-state index is 0.278. The van der Waals surface area contributed by atoms with E-state index in [0.29, 0.717) is 3.39 Å². The molecular weight excluding hydrogens is 513 g/mol. The first-order chi connectivity index (χ1) is 13.0. The van der Waals surface area contributed by atoms with Crippen molar-refractivity contribution >= 4 is 50.6 Å². The maximum atomic E-state index is 14.0. The SMILES string of the molecule is CC(C)(C)[Si](O[C@@H](CC=C(Br)Br)C(F)(F)F)(c1ccccc1)c1ccccc1. The molecule has 0 saturated carbocycles. The molecule has 0 radical (unpaired) electrons. The van der Waals surface area contributed by atoms with Crippen molar-refractivity contribution in [3.8, 4) is 0 Å². The zero-order valence-corrected chi connectivity index (χ0v) is 20.1. The summed E-state index contributed by atoms with van der Waals surface area (Å²) < 4.78 is 48.6. The average molecular weight is 536 g/mol. The molecule has 0 aliphatic heterocycles. The van der Waals surface area contributed by atoms with Gasteiger partial charge in [-0.05, 0) is 47.3 Å². The van der Waals surface area contributed by atoms with Crippen molar-refractivity contribution in [2.24, 2.45) is 0 Å². The molecule has 0 spiro atoms. The third-order valence-corrected chi connectivity index (χ3v) is 10.3. The van der Waals surface area contributed by atoms with Gasteiger partial charge in [-0.25, -0.2) is 0 Å². The van der Waals surface area contributed by atoms with E-state index in [0.717, 1.165) is 10.4 Å². The van der Waals surface area contributed by atoms with Gasteiger partial charge in [0.2, 0.25) is 0 Å². The molecule has 0 aromatic heterocycles. The molecule has 28 heavy (non-hydrogen) atoms. The lowest BCUT2D eigenvalue weighted by Crippen LogP contribution is -2.68. The maximum Gasteiger partial charge on any atom is 0.413 e. The van der Waals surface area contributed by atoms with Crippen molar-refractivity contribution in [2.75, 3.05) is 0 Å². The predicted molar refractivity (Wildman–Crippen MR) is 119 cm³/mol. The summed E-state index contributed by atoms with van der Waals surface area (Å²) in [6, 6.07) is 18.7. The smallest absolute Gasteiger partial charge is 0.395 e. The number of benzene rings is 2. The van der Waals surface area contributed by atoms with Gasteiger partial charge in [0.05, 0.1) is 3.39 Å². The lowest BCUT2D eigenvalue weighted by Gasteiger charge is -2.45. The second-order valence-electron chi connectivity index (χ2n) is 7.54. The molecule has 0 aliphatic carbocycles. The van der Waals surface area contributed by atoms with Gasteiger partial charge in [0.25, 0.3) is 8.32 Å². The quantitative estimate of drug-likeness (QED) is 0.383. The number of halogens is 5. The monoisotopic (exact) mass is 534 g/mol. The summed E-state index contributed by atoms with van der Waals surface area (Å²) in [6.45, 7) is 5.88. The van der Waals surface area contributed by atoms with E-state index in [1.165, 1.54) is 6.08 Å². The fourth-order valence-electron chi connectivity index (χ4n) is 3.35. The third-order valence-electron chi connectivity index (χ3n) is 4.59. The highest BCUT2D eigenvalue weighted by molar-refractivity contribution is 9.28. The van der Waals surface area contributed by atoms with Crippen LogP contribution in [0.4, 0.5) is 13.2 Å².